The largest absolute Gasteiger partial charge is 0.349 e. The summed E-state index contributed by atoms with van der Waals surface area (Å²) in [6, 6.07) is 4.22. The maximum atomic E-state index is 12.2. The van der Waals surface area contributed by atoms with Crippen LogP contribution in [0.25, 0.3) is 0 Å². The average Bonchev–Trinajstić information content (AvgIpc) is 2.53. The second-order valence-electron chi connectivity index (χ2n) is 5.20. The van der Waals surface area contributed by atoms with E-state index >= 15 is 0 Å². The monoisotopic (exact) mass is 245 g/mol. The lowest BCUT2D eigenvalue weighted by Crippen LogP contribution is -2.53. The molecule has 2 heterocycles. The third-order valence-electron chi connectivity index (χ3n) is 3.79. The van der Waals surface area contributed by atoms with Gasteiger partial charge in [-0.1, -0.05) is 6.07 Å². The second kappa shape index (κ2) is 4.28. The summed E-state index contributed by atoms with van der Waals surface area (Å²) in [6.45, 7) is 6.98. The zero-order valence-electron chi connectivity index (χ0n) is 10.9. The van der Waals surface area contributed by atoms with Gasteiger partial charge in [0.2, 0.25) is 0 Å². The van der Waals surface area contributed by atoms with Crippen LogP contribution >= 0.6 is 0 Å². The predicted octanol–water partition coefficient (Wildman–Crippen LogP) is 1.17. The minimum absolute atomic E-state index is 0.0747. The van der Waals surface area contributed by atoms with Crippen molar-refractivity contribution in [1.82, 2.24) is 10.6 Å². The van der Waals surface area contributed by atoms with Gasteiger partial charge in [0.1, 0.15) is 6.17 Å². The topological polar surface area (TPSA) is 44.4 Å². The molecule has 0 bridgehead atoms. The van der Waals surface area contributed by atoms with Crippen LogP contribution in [0.15, 0.2) is 12.1 Å². The van der Waals surface area contributed by atoms with Gasteiger partial charge in [-0.25, -0.2) is 0 Å². The molecule has 96 valence electrons. The molecule has 0 radical (unpaired) electrons. The Morgan fingerprint density at radius 2 is 2.11 bits per heavy atom. The molecule has 2 N–H and O–H groups in total. The highest BCUT2D eigenvalue weighted by Crippen LogP contribution is 2.31. The van der Waals surface area contributed by atoms with Crippen molar-refractivity contribution in [2.45, 2.75) is 26.4 Å². The molecule has 0 unspecified atom stereocenters. The van der Waals surface area contributed by atoms with Crippen LogP contribution in [-0.4, -0.2) is 31.7 Å². The van der Waals surface area contributed by atoms with E-state index in [2.05, 4.69) is 34.6 Å². The van der Waals surface area contributed by atoms with Crippen molar-refractivity contribution in [3.05, 3.63) is 28.8 Å². The summed E-state index contributed by atoms with van der Waals surface area (Å²) in [5.74, 6) is 0.0747. The van der Waals surface area contributed by atoms with Gasteiger partial charge in [0.05, 0.1) is 11.3 Å². The zero-order valence-corrected chi connectivity index (χ0v) is 10.9. The second-order valence-corrected chi connectivity index (χ2v) is 5.20. The molecule has 1 saturated heterocycles. The van der Waals surface area contributed by atoms with E-state index in [1.165, 1.54) is 5.56 Å². The Labute approximate surface area is 107 Å². The van der Waals surface area contributed by atoms with Crippen LogP contribution < -0.4 is 15.5 Å². The van der Waals surface area contributed by atoms with Gasteiger partial charge in [0.25, 0.3) is 5.91 Å². The van der Waals surface area contributed by atoms with Crippen LogP contribution in [0.1, 0.15) is 27.9 Å². The summed E-state index contributed by atoms with van der Waals surface area (Å²) in [5.41, 5.74) is 4.23. The molecule has 18 heavy (non-hydrogen) atoms. The number of fused-ring (bicyclic) bond motifs is 3. The van der Waals surface area contributed by atoms with Gasteiger partial charge in [0.15, 0.2) is 0 Å². The van der Waals surface area contributed by atoms with Crippen molar-refractivity contribution in [2.24, 2.45) is 0 Å². The highest BCUT2D eigenvalue weighted by molar-refractivity contribution is 6.03. The number of hydrogen-bond donors (Lipinski definition) is 2. The van der Waals surface area contributed by atoms with Crippen molar-refractivity contribution in [1.29, 1.82) is 0 Å². The maximum absolute atomic E-state index is 12.2. The number of carbonyl (C=O) groups excluding carboxylic acids is 1. The minimum Gasteiger partial charge on any atom is -0.349 e. The fourth-order valence-electron chi connectivity index (χ4n) is 3.00. The van der Waals surface area contributed by atoms with Crippen molar-refractivity contribution >= 4 is 11.6 Å². The zero-order chi connectivity index (χ0) is 12.7. The molecule has 1 amide bonds. The van der Waals surface area contributed by atoms with Crippen LogP contribution in [-0.2, 0) is 0 Å². The van der Waals surface area contributed by atoms with Crippen molar-refractivity contribution in [3.63, 3.8) is 0 Å². The first-order chi connectivity index (χ1) is 8.66. The van der Waals surface area contributed by atoms with Crippen LogP contribution in [0, 0.1) is 13.8 Å². The molecule has 1 aromatic carbocycles. The van der Waals surface area contributed by atoms with Crippen molar-refractivity contribution in [3.8, 4) is 0 Å². The standard InChI is InChI=1S/C14H19N3O/c1-9-7-10(2)13-11(8-9)17-6-5-15-4-3-12(17)16-14(13)18/h7-8,12,15H,3-6H2,1-2H3,(H,16,18)/t12-/m1/s1. The Bertz CT molecular complexity index is 498. The van der Waals surface area contributed by atoms with E-state index in [9.17, 15) is 4.79 Å². The van der Waals surface area contributed by atoms with Gasteiger partial charge >= 0.3 is 0 Å². The lowest BCUT2D eigenvalue weighted by atomic mass is 9.98. The molecule has 2 aliphatic heterocycles. The SMILES string of the molecule is Cc1cc(C)c2c(c1)N1CCNCC[C@@H]1NC2=O. The Kier molecular flexibility index (Phi) is 2.74. The van der Waals surface area contributed by atoms with Crippen LogP contribution in [0.2, 0.25) is 0 Å². The molecular weight excluding hydrogens is 226 g/mol. The van der Waals surface area contributed by atoms with Gasteiger partial charge in [-0.05, 0) is 44.0 Å². The van der Waals surface area contributed by atoms with E-state index in [4.69, 9.17) is 0 Å². The van der Waals surface area contributed by atoms with Gasteiger partial charge < -0.3 is 15.5 Å². The molecule has 1 aromatic rings. The van der Waals surface area contributed by atoms with Crippen molar-refractivity contribution in [2.75, 3.05) is 24.5 Å². The molecule has 0 saturated carbocycles. The average molecular weight is 245 g/mol. The number of rotatable bonds is 0. The summed E-state index contributed by atoms with van der Waals surface area (Å²) < 4.78 is 0. The summed E-state index contributed by atoms with van der Waals surface area (Å²) in [7, 11) is 0. The molecule has 2 aliphatic rings. The Hall–Kier alpha value is -1.55. The Morgan fingerprint density at radius 1 is 1.28 bits per heavy atom. The van der Waals surface area contributed by atoms with E-state index in [1.54, 1.807) is 0 Å². The molecule has 4 heteroatoms. The highest BCUT2D eigenvalue weighted by Gasteiger charge is 2.32. The van der Waals surface area contributed by atoms with Crippen LogP contribution in [0.5, 0.6) is 0 Å². The van der Waals surface area contributed by atoms with Gasteiger partial charge in [-0.3, -0.25) is 4.79 Å². The number of nitrogens with one attached hydrogen (secondary N) is 2. The molecule has 4 nitrogen and oxygen atoms in total. The summed E-state index contributed by atoms with van der Waals surface area (Å²) in [6.07, 6.45) is 1.10. The maximum Gasteiger partial charge on any atom is 0.255 e. The highest BCUT2D eigenvalue weighted by atomic mass is 16.2. The lowest BCUT2D eigenvalue weighted by Gasteiger charge is -2.38. The molecule has 3 rings (SSSR count). The number of amides is 1. The summed E-state index contributed by atoms with van der Waals surface area (Å²) >= 11 is 0. The number of anilines is 1. The van der Waals surface area contributed by atoms with Gasteiger partial charge in [-0.15, -0.1) is 0 Å². The summed E-state index contributed by atoms with van der Waals surface area (Å²) in [5, 5.41) is 6.51. The number of hydrogen-bond acceptors (Lipinski definition) is 3. The van der Waals surface area contributed by atoms with E-state index < -0.39 is 0 Å². The normalized spacial score (nSPS) is 22.9. The van der Waals surface area contributed by atoms with E-state index in [0.717, 1.165) is 42.9 Å². The molecule has 0 aliphatic carbocycles. The first kappa shape index (κ1) is 11.5. The summed E-state index contributed by atoms with van der Waals surface area (Å²) in [4.78, 5) is 14.6. The fourth-order valence-corrected chi connectivity index (χ4v) is 3.00. The van der Waals surface area contributed by atoms with E-state index in [0.29, 0.717) is 0 Å². The third kappa shape index (κ3) is 1.77. The van der Waals surface area contributed by atoms with E-state index in [1.807, 2.05) is 6.92 Å². The lowest BCUT2D eigenvalue weighted by molar-refractivity contribution is 0.0925. The molecule has 0 spiro atoms. The number of carbonyl (C=O) groups is 1. The molecule has 0 aromatic heterocycles. The third-order valence-corrected chi connectivity index (χ3v) is 3.79. The fraction of sp³-hybridized carbons (Fsp3) is 0.500. The number of aryl methyl sites for hydroxylation is 2. The van der Waals surface area contributed by atoms with Gasteiger partial charge in [-0.2, -0.15) is 0 Å². The minimum atomic E-state index is 0.0747. The number of nitrogens with zero attached hydrogens (tertiary/aromatic N) is 1. The molecule has 1 fully saturated rings. The predicted molar refractivity (Wildman–Crippen MR) is 72.0 cm³/mol. The molecule has 1 atom stereocenters. The smallest absolute Gasteiger partial charge is 0.255 e. The quantitative estimate of drug-likeness (QED) is 0.721. The van der Waals surface area contributed by atoms with Gasteiger partial charge in [0, 0.05) is 13.1 Å². The Balaban J connectivity index is 2.12. The first-order valence-corrected chi connectivity index (χ1v) is 6.56. The number of benzene rings is 1. The van der Waals surface area contributed by atoms with Crippen LogP contribution in [0.4, 0.5) is 5.69 Å². The van der Waals surface area contributed by atoms with E-state index in [-0.39, 0.29) is 12.1 Å². The van der Waals surface area contributed by atoms with Crippen molar-refractivity contribution < 1.29 is 4.79 Å². The first-order valence-electron chi connectivity index (χ1n) is 6.56. The Morgan fingerprint density at radius 3 is 2.94 bits per heavy atom. The van der Waals surface area contributed by atoms with Crippen LogP contribution in [0.3, 0.4) is 0 Å². The molecular formula is C14H19N3O.